The quantitative estimate of drug-likeness (QED) is 0.224. The molecule has 0 aliphatic heterocycles. The van der Waals surface area contributed by atoms with Crippen molar-refractivity contribution < 1.29 is 18.4 Å². The van der Waals surface area contributed by atoms with Crippen LogP contribution in [0.3, 0.4) is 0 Å². The van der Waals surface area contributed by atoms with Gasteiger partial charge in [0.25, 0.3) is 0 Å². The first-order valence-electron chi connectivity index (χ1n) is 12.4. The van der Waals surface area contributed by atoms with Gasteiger partial charge in [-0.1, -0.05) is 86.6 Å². The van der Waals surface area contributed by atoms with Crippen LogP contribution in [0.25, 0.3) is 0 Å². The van der Waals surface area contributed by atoms with Crippen LogP contribution in [0.4, 0.5) is 0 Å². The van der Waals surface area contributed by atoms with Gasteiger partial charge in [-0.05, 0) is 54.4 Å². The van der Waals surface area contributed by atoms with Gasteiger partial charge in [-0.2, -0.15) is 0 Å². The Labute approximate surface area is 209 Å². The molecule has 33 heavy (non-hydrogen) atoms. The minimum atomic E-state index is -2.06. The molecule has 0 bridgehead atoms. The maximum atomic E-state index is 11.0. The minimum Gasteiger partial charge on any atom is -0.413 e. The number of hydrogen-bond acceptors (Lipinski definition) is 4. The number of rotatable bonds is 11. The monoisotopic (exact) mass is 516 g/mol. The summed E-state index contributed by atoms with van der Waals surface area (Å²) in [5.41, 5.74) is 0. The summed E-state index contributed by atoms with van der Waals surface area (Å²) in [6.07, 6.45) is 6.62. The smallest absolute Gasteiger partial charge is 0.193 e. The number of aliphatic hydroxyl groups excluding tert-OH is 1. The predicted octanol–water partition coefficient (Wildman–Crippen LogP) is 7.89. The normalized spacial score (nSPS) is 17.2. The third-order valence-electron chi connectivity index (χ3n) is 7.93. The van der Waals surface area contributed by atoms with Crippen molar-refractivity contribution in [3.63, 3.8) is 0 Å². The van der Waals surface area contributed by atoms with Gasteiger partial charge in [0, 0.05) is 0 Å². The van der Waals surface area contributed by atoms with Crippen LogP contribution in [0.2, 0.25) is 54.4 Å². The molecule has 0 aliphatic rings. The molecule has 4 nitrogen and oxygen atoms in total. The SMILES string of the molecule is CC(C)(C)[Si](C)(C)OC/C=C/[C@@H](O)[C@@H](/C=C/CO[Si](C)(C)C(C)(C)C)O[Si](C)(C)C(C)(C)C. The highest BCUT2D eigenvalue weighted by atomic mass is 28.4. The van der Waals surface area contributed by atoms with Crippen molar-refractivity contribution >= 4 is 25.0 Å². The van der Waals surface area contributed by atoms with Gasteiger partial charge in [0.2, 0.25) is 0 Å². The predicted molar refractivity (Wildman–Crippen MR) is 153 cm³/mol. The maximum Gasteiger partial charge on any atom is 0.193 e. The van der Waals surface area contributed by atoms with E-state index in [9.17, 15) is 5.11 Å². The summed E-state index contributed by atoms with van der Waals surface area (Å²) in [5, 5.41) is 11.4. The molecule has 0 aromatic rings. The third-order valence-corrected chi connectivity index (χ3v) is 21.4. The van der Waals surface area contributed by atoms with Crippen molar-refractivity contribution in [3.05, 3.63) is 24.3 Å². The highest BCUT2D eigenvalue weighted by Gasteiger charge is 2.40. The van der Waals surface area contributed by atoms with E-state index in [0.29, 0.717) is 13.2 Å². The van der Waals surface area contributed by atoms with Crippen molar-refractivity contribution in [1.82, 2.24) is 0 Å². The lowest BCUT2D eigenvalue weighted by Crippen LogP contribution is -2.46. The lowest BCUT2D eigenvalue weighted by Gasteiger charge is -2.39. The average Bonchev–Trinajstić information content (AvgIpc) is 2.58. The van der Waals surface area contributed by atoms with E-state index in [1.54, 1.807) is 0 Å². The van der Waals surface area contributed by atoms with Crippen molar-refractivity contribution in [3.8, 4) is 0 Å². The van der Waals surface area contributed by atoms with Gasteiger partial charge in [-0.25, -0.2) is 0 Å². The van der Waals surface area contributed by atoms with Crippen LogP contribution in [0.5, 0.6) is 0 Å². The molecule has 0 rings (SSSR count). The van der Waals surface area contributed by atoms with E-state index >= 15 is 0 Å². The fourth-order valence-corrected chi connectivity index (χ4v) is 5.32. The summed E-state index contributed by atoms with van der Waals surface area (Å²) >= 11 is 0. The van der Waals surface area contributed by atoms with Crippen LogP contribution in [0.1, 0.15) is 62.3 Å². The van der Waals surface area contributed by atoms with Crippen LogP contribution < -0.4 is 0 Å². The van der Waals surface area contributed by atoms with E-state index in [2.05, 4.69) is 102 Å². The molecular weight excluding hydrogens is 461 g/mol. The van der Waals surface area contributed by atoms with Crippen molar-refractivity contribution in [2.24, 2.45) is 0 Å². The second kappa shape index (κ2) is 11.8. The molecule has 2 atom stereocenters. The molecule has 1 N–H and O–H groups in total. The summed E-state index contributed by atoms with van der Waals surface area (Å²) < 4.78 is 19.1. The van der Waals surface area contributed by atoms with Crippen LogP contribution >= 0.6 is 0 Å². The summed E-state index contributed by atoms with van der Waals surface area (Å²) in [5.74, 6) is 0. The zero-order valence-corrected chi connectivity index (χ0v) is 27.6. The molecule has 0 spiro atoms. The Morgan fingerprint density at radius 3 is 1.27 bits per heavy atom. The van der Waals surface area contributed by atoms with Gasteiger partial charge in [0.05, 0.1) is 19.3 Å². The molecule has 0 saturated carbocycles. The van der Waals surface area contributed by atoms with Crippen LogP contribution in [-0.2, 0) is 13.3 Å². The Hall–Kier alpha value is -0.0294. The first-order chi connectivity index (χ1) is 14.4. The second-order valence-corrected chi connectivity index (χ2v) is 28.2. The standard InChI is InChI=1S/C26H56O4Si3/c1-24(2,3)31(10,11)28-20-16-18-22(27)23(30-33(14,15)26(7,8)9)19-17-21-29-32(12,13)25(4,5)6/h16-19,22-23,27H,20-21H2,1-15H3/b18-16+,19-17+/t22-,23-/m1/s1. The zero-order valence-electron chi connectivity index (χ0n) is 24.6. The van der Waals surface area contributed by atoms with Gasteiger partial charge >= 0.3 is 0 Å². The molecule has 0 amide bonds. The lowest BCUT2D eigenvalue weighted by atomic mass is 10.2. The Morgan fingerprint density at radius 1 is 0.606 bits per heavy atom. The average molecular weight is 517 g/mol. The van der Waals surface area contributed by atoms with Crippen molar-refractivity contribution in [2.75, 3.05) is 13.2 Å². The molecule has 0 unspecified atom stereocenters. The largest absolute Gasteiger partial charge is 0.413 e. The van der Waals surface area contributed by atoms with E-state index in [1.165, 1.54) is 0 Å². The molecule has 0 fully saturated rings. The lowest BCUT2D eigenvalue weighted by molar-refractivity contribution is 0.0866. The van der Waals surface area contributed by atoms with Gasteiger partial charge in [0.1, 0.15) is 6.10 Å². The number of aliphatic hydroxyl groups is 1. The molecule has 0 aliphatic carbocycles. The molecule has 0 radical (unpaired) electrons. The fourth-order valence-electron chi connectivity index (χ4n) is 2.18. The molecule has 0 heterocycles. The Bertz CT molecular complexity index is 648. The minimum absolute atomic E-state index is 0.0611. The Balaban J connectivity index is 5.39. The maximum absolute atomic E-state index is 11.0. The summed E-state index contributed by atoms with van der Waals surface area (Å²) in [6, 6.07) is 0. The topological polar surface area (TPSA) is 47.9 Å². The fraction of sp³-hybridized carbons (Fsp3) is 0.846. The summed E-state index contributed by atoms with van der Waals surface area (Å²) in [7, 11) is -5.68. The van der Waals surface area contributed by atoms with E-state index in [4.69, 9.17) is 13.3 Å². The van der Waals surface area contributed by atoms with E-state index in [1.807, 2.05) is 24.3 Å². The molecule has 0 aromatic carbocycles. The summed E-state index contributed by atoms with van der Waals surface area (Å²) in [6.45, 7) is 34.6. The first kappa shape index (κ1) is 33.0. The molecular formula is C26H56O4Si3. The van der Waals surface area contributed by atoms with Crippen LogP contribution in [0.15, 0.2) is 24.3 Å². The zero-order chi connectivity index (χ0) is 26.5. The molecule has 0 saturated heterocycles. The Morgan fingerprint density at radius 2 is 0.939 bits per heavy atom. The van der Waals surface area contributed by atoms with E-state index in [-0.39, 0.29) is 15.1 Å². The molecule has 0 aromatic heterocycles. The molecule has 196 valence electrons. The van der Waals surface area contributed by atoms with Gasteiger partial charge < -0.3 is 18.4 Å². The van der Waals surface area contributed by atoms with Crippen molar-refractivity contribution in [1.29, 1.82) is 0 Å². The molecule has 7 heteroatoms. The highest BCUT2D eigenvalue weighted by molar-refractivity contribution is 6.74. The van der Waals surface area contributed by atoms with Gasteiger partial charge in [-0.15, -0.1) is 0 Å². The van der Waals surface area contributed by atoms with Crippen LogP contribution in [0, 0.1) is 0 Å². The van der Waals surface area contributed by atoms with E-state index in [0.717, 1.165) is 0 Å². The Kier molecular flexibility index (Phi) is 11.8. The van der Waals surface area contributed by atoms with Crippen molar-refractivity contribution in [2.45, 2.75) is 129 Å². The number of hydrogen-bond donors (Lipinski definition) is 1. The first-order valence-corrected chi connectivity index (χ1v) is 21.1. The van der Waals surface area contributed by atoms with Gasteiger partial charge in [-0.3, -0.25) is 0 Å². The third kappa shape index (κ3) is 10.6. The summed E-state index contributed by atoms with van der Waals surface area (Å²) in [4.78, 5) is 0. The van der Waals surface area contributed by atoms with E-state index < -0.39 is 37.2 Å². The second-order valence-electron chi connectivity index (χ2n) is 13.8. The van der Waals surface area contributed by atoms with Gasteiger partial charge in [0.15, 0.2) is 25.0 Å². The highest BCUT2D eigenvalue weighted by Crippen LogP contribution is 2.39. The van der Waals surface area contributed by atoms with Crippen LogP contribution in [-0.4, -0.2) is 55.5 Å².